The van der Waals surface area contributed by atoms with Gasteiger partial charge in [-0.05, 0) is 55.2 Å². The summed E-state index contributed by atoms with van der Waals surface area (Å²) >= 11 is 3.43. The Hall–Kier alpha value is -0.880. The van der Waals surface area contributed by atoms with Crippen molar-refractivity contribution in [1.82, 2.24) is 15.1 Å². The van der Waals surface area contributed by atoms with Crippen molar-refractivity contribution >= 4 is 21.6 Å². The summed E-state index contributed by atoms with van der Waals surface area (Å²) in [5, 5.41) is 7.62. The van der Waals surface area contributed by atoms with Gasteiger partial charge in [-0.3, -0.25) is 4.79 Å². The average molecular weight is 329 g/mol. The van der Waals surface area contributed by atoms with Crippen molar-refractivity contribution in [2.75, 3.05) is 25.0 Å². The van der Waals surface area contributed by atoms with Gasteiger partial charge in [0.15, 0.2) is 0 Å². The summed E-state index contributed by atoms with van der Waals surface area (Å²) in [6.07, 6.45) is 5.20. The van der Waals surface area contributed by atoms with E-state index in [9.17, 15) is 4.79 Å². The molecule has 0 aliphatic carbocycles. The molecule has 6 heteroatoms. The Labute approximate surface area is 122 Å². The Morgan fingerprint density at radius 1 is 1.53 bits per heavy atom. The van der Waals surface area contributed by atoms with Crippen molar-refractivity contribution in [3.05, 3.63) is 21.0 Å². The molecule has 2 heterocycles. The van der Waals surface area contributed by atoms with Crippen molar-refractivity contribution in [2.45, 2.75) is 38.8 Å². The van der Waals surface area contributed by atoms with Crippen LogP contribution in [0.3, 0.4) is 0 Å². The molecule has 1 aromatic rings. The first-order valence-corrected chi connectivity index (χ1v) is 7.63. The number of halogens is 1. The lowest BCUT2D eigenvalue weighted by Gasteiger charge is -2.29. The normalized spacial score (nSPS) is 20.1. The van der Waals surface area contributed by atoms with E-state index in [0.29, 0.717) is 17.1 Å². The Bertz CT molecular complexity index is 480. The maximum atomic E-state index is 12.1. The van der Waals surface area contributed by atoms with Gasteiger partial charge in [0.1, 0.15) is 4.47 Å². The Morgan fingerprint density at radius 3 is 3.05 bits per heavy atom. The lowest BCUT2D eigenvalue weighted by molar-refractivity contribution is 0.558. The van der Waals surface area contributed by atoms with Crippen molar-refractivity contribution in [3.63, 3.8) is 0 Å². The van der Waals surface area contributed by atoms with E-state index in [2.05, 4.69) is 31.2 Å². The van der Waals surface area contributed by atoms with Crippen LogP contribution in [0.2, 0.25) is 0 Å². The number of hydrogen-bond donors (Lipinski definition) is 1. The zero-order valence-electron chi connectivity index (χ0n) is 11.5. The minimum absolute atomic E-state index is 0.0569. The van der Waals surface area contributed by atoms with Gasteiger partial charge in [0, 0.05) is 19.6 Å². The van der Waals surface area contributed by atoms with Crippen LogP contribution in [0.25, 0.3) is 0 Å². The fourth-order valence-corrected chi connectivity index (χ4v) is 3.10. The Balaban J connectivity index is 2.25. The van der Waals surface area contributed by atoms with Crippen LogP contribution in [0.4, 0.5) is 5.69 Å². The van der Waals surface area contributed by atoms with Crippen LogP contribution in [-0.4, -0.2) is 36.0 Å². The highest BCUT2D eigenvalue weighted by atomic mass is 79.9. The lowest BCUT2D eigenvalue weighted by Crippen LogP contribution is -2.35. The molecule has 19 heavy (non-hydrogen) atoms. The number of nitrogens with one attached hydrogen (secondary N) is 1. The third-order valence-electron chi connectivity index (χ3n) is 3.74. The van der Waals surface area contributed by atoms with E-state index in [1.54, 1.807) is 6.20 Å². The number of anilines is 1. The van der Waals surface area contributed by atoms with Crippen LogP contribution in [0.5, 0.6) is 0 Å². The van der Waals surface area contributed by atoms with E-state index in [4.69, 9.17) is 0 Å². The topological polar surface area (TPSA) is 50.2 Å². The quantitative estimate of drug-likeness (QED) is 0.915. The molecule has 1 atom stereocenters. The van der Waals surface area contributed by atoms with Crippen LogP contribution in [0, 0.1) is 0 Å². The molecule has 1 fully saturated rings. The highest BCUT2D eigenvalue weighted by Crippen LogP contribution is 2.25. The zero-order valence-corrected chi connectivity index (χ0v) is 13.1. The van der Waals surface area contributed by atoms with Gasteiger partial charge in [-0.25, -0.2) is 4.68 Å². The van der Waals surface area contributed by atoms with Gasteiger partial charge in [-0.1, -0.05) is 0 Å². The minimum atomic E-state index is -0.0569. The first kappa shape index (κ1) is 14.5. The smallest absolute Gasteiger partial charge is 0.283 e. The highest BCUT2D eigenvalue weighted by Gasteiger charge is 2.20. The summed E-state index contributed by atoms with van der Waals surface area (Å²) in [7, 11) is 2.05. The van der Waals surface area contributed by atoms with E-state index >= 15 is 0 Å². The number of nitrogens with zero attached hydrogens (tertiary/aromatic N) is 3. The molecule has 1 aromatic heterocycles. The van der Waals surface area contributed by atoms with Crippen molar-refractivity contribution < 1.29 is 0 Å². The van der Waals surface area contributed by atoms with E-state index in [1.165, 1.54) is 11.1 Å². The minimum Gasteiger partial charge on any atom is -0.369 e. The molecule has 1 unspecified atom stereocenters. The predicted molar refractivity (Wildman–Crippen MR) is 80.8 cm³/mol. The second-order valence-electron chi connectivity index (χ2n) is 4.91. The molecular formula is C13H21BrN4O. The van der Waals surface area contributed by atoms with Crippen LogP contribution >= 0.6 is 15.9 Å². The van der Waals surface area contributed by atoms with Gasteiger partial charge in [0.2, 0.25) is 0 Å². The lowest BCUT2D eigenvalue weighted by atomic mass is 10.1. The number of hydrogen-bond acceptors (Lipinski definition) is 4. The van der Waals surface area contributed by atoms with Gasteiger partial charge >= 0.3 is 0 Å². The summed E-state index contributed by atoms with van der Waals surface area (Å²) in [4.78, 5) is 14.3. The highest BCUT2D eigenvalue weighted by molar-refractivity contribution is 9.10. The van der Waals surface area contributed by atoms with Gasteiger partial charge in [-0.2, -0.15) is 5.10 Å². The largest absolute Gasteiger partial charge is 0.369 e. The SMILES string of the molecule is CCn1ncc(N(C)C2CCCNCC2)c(Br)c1=O. The fraction of sp³-hybridized carbons (Fsp3) is 0.692. The van der Waals surface area contributed by atoms with Gasteiger partial charge < -0.3 is 10.2 Å². The maximum Gasteiger partial charge on any atom is 0.283 e. The monoisotopic (exact) mass is 328 g/mol. The first-order chi connectivity index (χ1) is 9.15. The number of rotatable bonds is 3. The second-order valence-corrected chi connectivity index (χ2v) is 5.70. The van der Waals surface area contributed by atoms with E-state index in [0.717, 1.165) is 31.6 Å². The molecule has 0 spiro atoms. The molecule has 106 valence electrons. The van der Waals surface area contributed by atoms with Crippen molar-refractivity contribution in [1.29, 1.82) is 0 Å². The molecule has 0 saturated carbocycles. The standard InChI is InChI=1S/C13H21BrN4O/c1-3-18-13(19)12(14)11(9-16-18)17(2)10-5-4-7-15-8-6-10/h9-10,15H,3-8H2,1-2H3. The van der Waals surface area contributed by atoms with Gasteiger partial charge in [0.25, 0.3) is 5.56 Å². The molecule has 1 aliphatic rings. The molecule has 0 amide bonds. The average Bonchev–Trinajstić information content (AvgIpc) is 2.70. The van der Waals surface area contributed by atoms with Crippen LogP contribution in [0.1, 0.15) is 26.2 Å². The summed E-state index contributed by atoms with van der Waals surface area (Å²) in [5.74, 6) is 0. The summed E-state index contributed by atoms with van der Waals surface area (Å²) in [5.41, 5.74) is 0.834. The van der Waals surface area contributed by atoms with Crippen LogP contribution in [0.15, 0.2) is 15.5 Å². The van der Waals surface area contributed by atoms with Crippen molar-refractivity contribution in [3.8, 4) is 0 Å². The van der Waals surface area contributed by atoms with Gasteiger partial charge in [-0.15, -0.1) is 0 Å². The second kappa shape index (κ2) is 6.52. The van der Waals surface area contributed by atoms with Crippen molar-refractivity contribution in [2.24, 2.45) is 0 Å². The Morgan fingerprint density at radius 2 is 2.32 bits per heavy atom. The van der Waals surface area contributed by atoms with Crippen LogP contribution < -0.4 is 15.8 Å². The molecule has 2 rings (SSSR count). The molecule has 0 aromatic carbocycles. The molecule has 0 radical (unpaired) electrons. The van der Waals surface area contributed by atoms with Gasteiger partial charge in [0.05, 0.1) is 11.9 Å². The van der Waals surface area contributed by atoms with E-state index in [1.807, 2.05) is 14.0 Å². The molecule has 0 bridgehead atoms. The molecule has 5 nitrogen and oxygen atoms in total. The Kier molecular flexibility index (Phi) is 4.99. The molecule has 1 saturated heterocycles. The summed E-state index contributed by atoms with van der Waals surface area (Å²) < 4.78 is 2.08. The fourth-order valence-electron chi connectivity index (χ4n) is 2.51. The third kappa shape index (κ3) is 3.17. The first-order valence-electron chi connectivity index (χ1n) is 6.84. The zero-order chi connectivity index (χ0) is 13.8. The summed E-state index contributed by atoms with van der Waals surface area (Å²) in [6, 6.07) is 0.463. The third-order valence-corrected chi connectivity index (χ3v) is 4.48. The summed E-state index contributed by atoms with van der Waals surface area (Å²) in [6.45, 7) is 4.63. The predicted octanol–water partition coefficient (Wildman–Crippen LogP) is 1.60. The maximum absolute atomic E-state index is 12.1. The van der Waals surface area contributed by atoms with E-state index < -0.39 is 0 Å². The van der Waals surface area contributed by atoms with E-state index in [-0.39, 0.29) is 5.56 Å². The number of aryl methyl sites for hydroxylation is 1. The molecule has 1 N–H and O–H groups in total. The molecule has 1 aliphatic heterocycles. The number of aromatic nitrogens is 2. The molecular weight excluding hydrogens is 308 g/mol. The van der Waals surface area contributed by atoms with Crippen LogP contribution in [-0.2, 0) is 6.54 Å².